The van der Waals surface area contributed by atoms with Crippen molar-refractivity contribution in [2.24, 2.45) is 10.9 Å². The minimum absolute atomic E-state index is 0.0701. The number of esters is 1. The smallest absolute Gasteiger partial charge is 0.416 e. The van der Waals surface area contributed by atoms with Crippen molar-refractivity contribution in [3.8, 4) is 0 Å². The summed E-state index contributed by atoms with van der Waals surface area (Å²) in [5.41, 5.74) is -0.230. The predicted octanol–water partition coefficient (Wildman–Crippen LogP) is 4.18. The van der Waals surface area contributed by atoms with Crippen LogP contribution in [0, 0.1) is 11.3 Å². The lowest BCUT2D eigenvalue weighted by Crippen LogP contribution is -2.47. The van der Waals surface area contributed by atoms with E-state index in [2.05, 4.69) is 11.6 Å². The number of ether oxygens (including phenoxy) is 1. The highest BCUT2D eigenvalue weighted by Gasteiger charge is 2.39. The van der Waals surface area contributed by atoms with Gasteiger partial charge in [-0.15, -0.1) is 0 Å². The van der Waals surface area contributed by atoms with Crippen LogP contribution in [0.2, 0.25) is 0 Å². The molecular formula is C22H28F3N3O4S. The van der Waals surface area contributed by atoms with E-state index in [-0.39, 0.29) is 18.7 Å². The Kier molecular flexibility index (Phi) is 8.58. The normalized spacial score (nSPS) is 20.6. The minimum Gasteiger partial charge on any atom is -0.465 e. The van der Waals surface area contributed by atoms with Gasteiger partial charge < -0.3 is 10.1 Å². The molecule has 1 N–H and O–H groups in total. The van der Waals surface area contributed by atoms with E-state index < -0.39 is 44.6 Å². The second-order valence-corrected chi connectivity index (χ2v) is 9.81. The highest BCUT2D eigenvalue weighted by Crippen LogP contribution is 2.35. The molecule has 0 spiro atoms. The number of hydrogen-bond donors (Lipinski definition) is 1. The molecule has 1 aromatic rings. The SMILES string of the molecule is C=C(C)c1cc(C(F)(F)F)cc(S(=O)(=O)N(C)C2CCCC(=NCC(=O)OCC)C2C=N)c1. The molecule has 0 saturated heterocycles. The molecule has 33 heavy (non-hydrogen) atoms. The van der Waals surface area contributed by atoms with Crippen molar-refractivity contribution in [3.63, 3.8) is 0 Å². The van der Waals surface area contributed by atoms with E-state index in [0.29, 0.717) is 36.6 Å². The predicted molar refractivity (Wildman–Crippen MR) is 120 cm³/mol. The second-order valence-electron chi connectivity index (χ2n) is 7.81. The lowest BCUT2D eigenvalue weighted by atomic mass is 9.83. The Labute approximate surface area is 191 Å². The maximum atomic E-state index is 13.4. The van der Waals surface area contributed by atoms with E-state index in [4.69, 9.17) is 10.1 Å². The largest absolute Gasteiger partial charge is 0.465 e. The number of benzene rings is 1. The van der Waals surface area contributed by atoms with Crippen molar-refractivity contribution >= 4 is 33.5 Å². The maximum absolute atomic E-state index is 13.4. The lowest BCUT2D eigenvalue weighted by molar-refractivity contribution is -0.141. The van der Waals surface area contributed by atoms with Gasteiger partial charge in [-0.2, -0.15) is 17.5 Å². The van der Waals surface area contributed by atoms with Crippen LogP contribution in [0.15, 0.2) is 34.7 Å². The average molecular weight is 488 g/mol. The quantitative estimate of drug-likeness (QED) is 0.439. The number of halogens is 3. The van der Waals surface area contributed by atoms with E-state index in [9.17, 15) is 26.4 Å². The van der Waals surface area contributed by atoms with E-state index in [1.807, 2.05) is 0 Å². The number of alkyl halides is 3. The standard InChI is InChI=1S/C22H28F3N3O4S/c1-5-32-21(29)13-27-19-7-6-8-20(18(19)12-26)28(4)33(30,31)17-10-15(14(2)3)9-16(11-17)22(23,24)25/h9-12,18,20,26H,2,5-8,13H2,1,3-4H3. The molecule has 2 atom stereocenters. The molecule has 0 heterocycles. The molecular weight excluding hydrogens is 459 g/mol. The van der Waals surface area contributed by atoms with E-state index in [0.717, 1.165) is 16.6 Å². The van der Waals surface area contributed by atoms with Crippen LogP contribution >= 0.6 is 0 Å². The highest BCUT2D eigenvalue weighted by molar-refractivity contribution is 7.89. The Morgan fingerprint density at radius 2 is 2.03 bits per heavy atom. The van der Waals surface area contributed by atoms with Gasteiger partial charge in [0.25, 0.3) is 0 Å². The number of allylic oxidation sites excluding steroid dienone is 1. The molecule has 1 fully saturated rings. The molecule has 11 heteroatoms. The second kappa shape index (κ2) is 10.6. The molecule has 1 aliphatic rings. The van der Waals surface area contributed by atoms with Gasteiger partial charge in [-0.25, -0.2) is 8.42 Å². The first-order valence-corrected chi connectivity index (χ1v) is 11.8. The summed E-state index contributed by atoms with van der Waals surface area (Å²) in [6.07, 6.45) is -2.25. The summed E-state index contributed by atoms with van der Waals surface area (Å²) in [6, 6.07) is 1.91. The summed E-state index contributed by atoms with van der Waals surface area (Å²) in [6.45, 7) is 6.74. The summed E-state index contributed by atoms with van der Waals surface area (Å²) in [7, 11) is -3.06. The first-order chi connectivity index (χ1) is 15.3. The average Bonchev–Trinajstić information content (AvgIpc) is 2.75. The summed E-state index contributed by atoms with van der Waals surface area (Å²) >= 11 is 0. The topological polar surface area (TPSA) is 99.9 Å². The Balaban J connectivity index is 2.44. The van der Waals surface area contributed by atoms with Crippen molar-refractivity contribution in [1.29, 1.82) is 5.41 Å². The van der Waals surface area contributed by atoms with Crippen LogP contribution in [0.4, 0.5) is 13.2 Å². The summed E-state index contributed by atoms with van der Waals surface area (Å²) in [5.74, 6) is -1.24. The van der Waals surface area contributed by atoms with Gasteiger partial charge in [-0.3, -0.25) is 9.79 Å². The van der Waals surface area contributed by atoms with E-state index in [1.54, 1.807) is 6.92 Å². The first kappa shape index (κ1) is 26.7. The Hall–Kier alpha value is -2.53. The minimum atomic E-state index is -4.73. The van der Waals surface area contributed by atoms with Gasteiger partial charge in [0.05, 0.1) is 17.1 Å². The highest BCUT2D eigenvalue weighted by atomic mass is 32.2. The van der Waals surface area contributed by atoms with Gasteiger partial charge in [0.15, 0.2) is 0 Å². The van der Waals surface area contributed by atoms with Crippen molar-refractivity contribution in [2.75, 3.05) is 20.2 Å². The van der Waals surface area contributed by atoms with Gasteiger partial charge in [-0.1, -0.05) is 12.2 Å². The number of aliphatic imine (C=N–C) groups is 1. The Bertz CT molecular complexity index is 1050. The zero-order chi connectivity index (χ0) is 25.0. The molecule has 7 nitrogen and oxygen atoms in total. The fourth-order valence-corrected chi connectivity index (χ4v) is 5.21. The first-order valence-electron chi connectivity index (χ1n) is 10.4. The fraction of sp³-hybridized carbons (Fsp3) is 0.500. The number of nitrogens with one attached hydrogen (secondary N) is 1. The van der Waals surface area contributed by atoms with Gasteiger partial charge in [0.2, 0.25) is 10.0 Å². The van der Waals surface area contributed by atoms with Crippen molar-refractivity contribution in [3.05, 3.63) is 35.9 Å². The molecule has 1 saturated carbocycles. The Morgan fingerprint density at radius 3 is 2.58 bits per heavy atom. The maximum Gasteiger partial charge on any atom is 0.416 e. The third kappa shape index (κ3) is 6.29. The van der Waals surface area contributed by atoms with Crippen LogP contribution in [-0.4, -0.2) is 56.9 Å². The van der Waals surface area contributed by atoms with Gasteiger partial charge in [0.1, 0.15) is 6.54 Å². The number of rotatable bonds is 8. The van der Waals surface area contributed by atoms with Crippen LogP contribution in [-0.2, 0) is 25.7 Å². The van der Waals surface area contributed by atoms with Gasteiger partial charge in [-0.05, 0) is 56.9 Å². The van der Waals surface area contributed by atoms with Crippen LogP contribution in [0.1, 0.15) is 44.2 Å². The zero-order valence-corrected chi connectivity index (χ0v) is 19.6. The molecule has 0 bridgehead atoms. The summed E-state index contributed by atoms with van der Waals surface area (Å²) in [5, 5.41) is 7.83. The molecule has 182 valence electrons. The fourth-order valence-electron chi connectivity index (χ4n) is 3.74. The third-order valence-electron chi connectivity index (χ3n) is 5.50. The number of sulfonamides is 1. The molecule has 1 aromatic carbocycles. The molecule has 0 amide bonds. The molecule has 1 aliphatic carbocycles. The third-order valence-corrected chi connectivity index (χ3v) is 7.36. The molecule has 2 rings (SSSR count). The van der Waals surface area contributed by atoms with Crippen LogP contribution < -0.4 is 0 Å². The van der Waals surface area contributed by atoms with Crippen LogP contribution in [0.25, 0.3) is 5.57 Å². The van der Waals surface area contributed by atoms with Crippen molar-refractivity contribution in [2.45, 2.75) is 50.2 Å². The van der Waals surface area contributed by atoms with Crippen molar-refractivity contribution in [1.82, 2.24) is 4.31 Å². The van der Waals surface area contributed by atoms with Crippen molar-refractivity contribution < 1.29 is 31.1 Å². The van der Waals surface area contributed by atoms with Crippen LogP contribution in [0.5, 0.6) is 0 Å². The lowest BCUT2D eigenvalue weighted by Gasteiger charge is -2.36. The number of nitrogens with zero attached hydrogens (tertiary/aromatic N) is 2. The molecule has 0 aliphatic heterocycles. The molecule has 2 unspecified atom stereocenters. The van der Waals surface area contributed by atoms with E-state index in [1.165, 1.54) is 20.0 Å². The summed E-state index contributed by atoms with van der Waals surface area (Å²) in [4.78, 5) is 15.4. The number of carbonyl (C=O) groups is 1. The molecule has 0 radical (unpaired) electrons. The number of carbonyl (C=O) groups excluding carboxylic acids is 1. The monoisotopic (exact) mass is 487 g/mol. The molecule has 0 aromatic heterocycles. The van der Waals surface area contributed by atoms with Crippen LogP contribution in [0.3, 0.4) is 0 Å². The van der Waals surface area contributed by atoms with Gasteiger partial charge >= 0.3 is 12.1 Å². The van der Waals surface area contributed by atoms with Gasteiger partial charge in [0, 0.05) is 30.9 Å². The summed E-state index contributed by atoms with van der Waals surface area (Å²) < 4.78 is 72.8. The zero-order valence-electron chi connectivity index (χ0n) is 18.8. The van der Waals surface area contributed by atoms with E-state index >= 15 is 0 Å². The number of hydrogen-bond acceptors (Lipinski definition) is 6. The Morgan fingerprint density at radius 1 is 1.36 bits per heavy atom.